The Hall–Kier alpha value is -2.11. The Morgan fingerprint density at radius 2 is 1.90 bits per heavy atom. The van der Waals surface area contributed by atoms with Crippen LogP contribution in [0, 0.1) is 18.2 Å². The monoisotopic (exact) mass is 296 g/mol. The van der Waals surface area contributed by atoms with Gasteiger partial charge in [0.1, 0.15) is 5.82 Å². The number of benzene rings is 1. The zero-order valence-electron chi connectivity index (χ0n) is 12.7. The van der Waals surface area contributed by atoms with E-state index in [9.17, 15) is 14.0 Å². The van der Waals surface area contributed by atoms with Crippen LogP contribution in [0.4, 0.5) is 14.9 Å². The zero-order chi connectivity index (χ0) is 16.2. The summed E-state index contributed by atoms with van der Waals surface area (Å²) in [4.78, 5) is 22.8. The molecule has 6 heteroatoms. The summed E-state index contributed by atoms with van der Waals surface area (Å²) in [6, 6.07) is 3.10. The minimum Gasteiger partial charge on any atom is -0.481 e. The minimum absolute atomic E-state index is 0.181. The van der Waals surface area contributed by atoms with Gasteiger partial charge in [-0.05, 0) is 36.1 Å². The van der Waals surface area contributed by atoms with Gasteiger partial charge in [-0.25, -0.2) is 9.18 Å². The van der Waals surface area contributed by atoms with E-state index in [1.165, 1.54) is 12.1 Å². The van der Waals surface area contributed by atoms with Crippen molar-refractivity contribution in [3.63, 3.8) is 0 Å². The molecule has 2 amide bonds. The maximum atomic E-state index is 13.3. The highest BCUT2D eigenvalue weighted by Crippen LogP contribution is 2.22. The first kappa shape index (κ1) is 16.9. The molecular weight excluding hydrogens is 275 g/mol. The molecule has 0 fully saturated rings. The highest BCUT2D eigenvalue weighted by molar-refractivity contribution is 5.89. The molecule has 116 valence electrons. The number of carboxylic acid groups (broad SMARTS) is 1. The lowest BCUT2D eigenvalue weighted by molar-refractivity contribution is -0.138. The van der Waals surface area contributed by atoms with Crippen molar-refractivity contribution in [2.75, 3.05) is 5.32 Å². The van der Waals surface area contributed by atoms with Gasteiger partial charge in [-0.2, -0.15) is 0 Å². The Morgan fingerprint density at radius 1 is 1.29 bits per heavy atom. The van der Waals surface area contributed by atoms with E-state index in [4.69, 9.17) is 5.11 Å². The first-order valence-electron chi connectivity index (χ1n) is 6.64. The number of carboxylic acids is 1. The molecule has 0 saturated heterocycles. The fourth-order valence-electron chi connectivity index (χ4n) is 1.88. The molecule has 21 heavy (non-hydrogen) atoms. The second-order valence-electron chi connectivity index (χ2n) is 6.13. The first-order chi connectivity index (χ1) is 9.57. The summed E-state index contributed by atoms with van der Waals surface area (Å²) in [5.41, 5.74) is 0.601. The Morgan fingerprint density at radius 3 is 2.38 bits per heavy atom. The van der Waals surface area contributed by atoms with Gasteiger partial charge in [-0.3, -0.25) is 4.79 Å². The fraction of sp³-hybridized carbons (Fsp3) is 0.467. The number of aliphatic carboxylic acids is 1. The maximum Gasteiger partial charge on any atom is 0.319 e. The number of anilines is 1. The molecule has 1 aromatic carbocycles. The molecule has 1 aromatic rings. The van der Waals surface area contributed by atoms with Gasteiger partial charge in [0.25, 0.3) is 0 Å². The van der Waals surface area contributed by atoms with Gasteiger partial charge >= 0.3 is 12.0 Å². The lowest BCUT2D eigenvalue weighted by Gasteiger charge is -2.30. The third-order valence-corrected chi connectivity index (χ3v) is 3.03. The Kier molecular flexibility index (Phi) is 5.29. The molecule has 0 aromatic heterocycles. The van der Waals surface area contributed by atoms with Gasteiger partial charge in [0.15, 0.2) is 0 Å². The predicted molar refractivity (Wildman–Crippen MR) is 78.8 cm³/mol. The summed E-state index contributed by atoms with van der Waals surface area (Å²) in [6.45, 7) is 7.24. The van der Waals surface area contributed by atoms with Crippen LogP contribution in [0.2, 0.25) is 0 Å². The molecule has 0 saturated carbocycles. The molecular formula is C15H21FN2O3. The second-order valence-corrected chi connectivity index (χ2v) is 6.13. The van der Waals surface area contributed by atoms with Crippen molar-refractivity contribution in [3.05, 3.63) is 29.6 Å². The molecule has 0 aliphatic rings. The average Bonchev–Trinajstić information content (AvgIpc) is 2.24. The van der Waals surface area contributed by atoms with Gasteiger partial charge < -0.3 is 15.7 Å². The lowest BCUT2D eigenvalue weighted by Crippen LogP contribution is -2.46. The van der Waals surface area contributed by atoms with Gasteiger partial charge in [-0.15, -0.1) is 0 Å². The van der Waals surface area contributed by atoms with Crippen LogP contribution in [0.25, 0.3) is 0 Å². The van der Waals surface area contributed by atoms with Crippen LogP contribution in [0.15, 0.2) is 18.2 Å². The molecule has 1 atom stereocenters. The summed E-state index contributed by atoms with van der Waals surface area (Å²) >= 11 is 0. The third-order valence-electron chi connectivity index (χ3n) is 3.03. The van der Waals surface area contributed by atoms with Crippen molar-refractivity contribution in [1.29, 1.82) is 0 Å². The van der Waals surface area contributed by atoms with Crippen LogP contribution in [0.5, 0.6) is 0 Å². The van der Waals surface area contributed by atoms with Crippen molar-refractivity contribution < 1.29 is 19.1 Å². The molecule has 0 aliphatic heterocycles. The van der Waals surface area contributed by atoms with Crippen molar-refractivity contribution in [2.24, 2.45) is 5.41 Å². The topological polar surface area (TPSA) is 78.4 Å². The molecule has 1 rings (SSSR count). The van der Waals surface area contributed by atoms with Crippen molar-refractivity contribution in [1.82, 2.24) is 5.32 Å². The van der Waals surface area contributed by atoms with Gasteiger partial charge in [-0.1, -0.05) is 20.8 Å². The number of nitrogens with one attached hydrogen (secondary N) is 2. The standard InChI is InChI=1S/C15H21FN2O3/c1-9-5-10(16)7-11(6-9)17-14(21)18-12(8-13(19)20)15(2,3)4/h5-7,12H,8H2,1-4H3,(H,19,20)(H2,17,18,21). The molecule has 5 nitrogen and oxygen atoms in total. The fourth-order valence-corrected chi connectivity index (χ4v) is 1.88. The lowest BCUT2D eigenvalue weighted by atomic mass is 9.85. The van der Waals surface area contributed by atoms with Gasteiger partial charge in [0.05, 0.1) is 6.42 Å². The summed E-state index contributed by atoms with van der Waals surface area (Å²) < 4.78 is 13.3. The van der Waals surface area contributed by atoms with E-state index in [0.29, 0.717) is 11.3 Å². The number of aryl methyl sites for hydroxylation is 1. The predicted octanol–water partition coefficient (Wildman–Crippen LogP) is 3.15. The normalized spacial score (nSPS) is 12.6. The number of carbonyl (C=O) groups is 2. The van der Waals surface area contributed by atoms with Gasteiger partial charge in [0.2, 0.25) is 0 Å². The van der Waals surface area contributed by atoms with E-state index >= 15 is 0 Å². The molecule has 0 radical (unpaired) electrons. The Balaban J connectivity index is 2.76. The highest BCUT2D eigenvalue weighted by atomic mass is 19.1. The maximum absolute atomic E-state index is 13.3. The number of halogens is 1. The summed E-state index contributed by atoms with van der Waals surface area (Å²) in [6.07, 6.45) is -0.181. The largest absolute Gasteiger partial charge is 0.481 e. The van der Waals surface area contributed by atoms with Gasteiger partial charge in [0, 0.05) is 11.7 Å². The first-order valence-corrected chi connectivity index (χ1v) is 6.64. The second kappa shape index (κ2) is 6.56. The summed E-state index contributed by atoms with van der Waals surface area (Å²) in [7, 11) is 0. The zero-order valence-corrected chi connectivity index (χ0v) is 12.7. The Bertz CT molecular complexity index is 518. The van der Waals surface area contributed by atoms with Crippen LogP contribution < -0.4 is 10.6 Å². The average molecular weight is 296 g/mol. The molecule has 0 aliphatic carbocycles. The van der Waals surface area contributed by atoms with E-state index < -0.39 is 29.3 Å². The van der Waals surface area contributed by atoms with E-state index in [1.807, 2.05) is 20.8 Å². The number of hydrogen-bond donors (Lipinski definition) is 3. The van der Waals surface area contributed by atoms with Crippen LogP contribution in [-0.4, -0.2) is 23.1 Å². The smallest absolute Gasteiger partial charge is 0.319 e. The Labute approximate surface area is 123 Å². The van der Waals surface area contributed by atoms with E-state index in [1.54, 1.807) is 13.0 Å². The number of urea groups is 1. The molecule has 0 heterocycles. The van der Waals surface area contributed by atoms with Crippen LogP contribution in [0.1, 0.15) is 32.8 Å². The number of rotatable bonds is 4. The van der Waals surface area contributed by atoms with Crippen molar-refractivity contribution in [2.45, 2.75) is 40.2 Å². The summed E-state index contributed by atoms with van der Waals surface area (Å²) in [5, 5.41) is 14.0. The van der Waals surface area contributed by atoms with Crippen LogP contribution >= 0.6 is 0 Å². The summed E-state index contributed by atoms with van der Waals surface area (Å²) in [5.74, 6) is -1.43. The number of amides is 2. The molecule has 0 bridgehead atoms. The van der Waals surface area contributed by atoms with Crippen molar-refractivity contribution >= 4 is 17.7 Å². The highest BCUT2D eigenvalue weighted by Gasteiger charge is 2.28. The van der Waals surface area contributed by atoms with Crippen LogP contribution in [0.3, 0.4) is 0 Å². The molecule has 1 unspecified atom stereocenters. The number of hydrogen-bond acceptors (Lipinski definition) is 2. The number of carbonyl (C=O) groups excluding carboxylic acids is 1. The molecule has 3 N–H and O–H groups in total. The quantitative estimate of drug-likeness (QED) is 0.798. The van der Waals surface area contributed by atoms with E-state index in [-0.39, 0.29) is 6.42 Å². The third kappa shape index (κ3) is 5.81. The van der Waals surface area contributed by atoms with Crippen LogP contribution in [-0.2, 0) is 4.79 Å². The minimum atomic E-state index is -0.989. The van der Waals surface area contributed by atoms with E-state index in [0.717, 1.165) is 0 Å². The van der Waals surface area contributed by atoms with E-state index in [2.05, 4.69) is 10.6 Å². The SMILES string of the molecule is Cc1cc(F)cc(NC(=O)NC(CC(=O)O)C(C)(C)C)c1. The van der Waals surface area contributed by atoms with Crippen molar-refractivity contribution in [3.8, 4) is 0 Å². The molecule has 0 spiro atoms.